The largest absolute Gasteiger partial charge is 0.462 e. The Morgan fingerprint density at radius 3 is 0.816 bits per heavy atom. The minimum absolute atomic E-state index is 0.0640. The van der Waals surface area contributed by atoms with E-state index < -0.39 is 6.10 Å². The Kier molecular flexibility index (Phi) is 37.9. The lowest BCUT2D eigenvalue weighted by atomic mass is 10.0. The third-order valence-electron chi connectivity index (χ3n) is 9.61. The predicted octanol–water partition coefficient (Wildman–Crippen LogP) is 13.3. The van der Waals surface area contributed by atoms with Crippen molar-refractivity contribution in [2.75, 3.05) is 13.2 Å². The number of carbonyl (C=O) groups is 3. The van der Waals surface area contributed by atoms with Gasteiger partial charge >= 0.3 is 17.9 Å². The predicted molar refractivity (Wildman–Crippen MR) is 206 cm³/mol. The summed E-state index contributed by atoms with van der Waals surface area (Å²) in [4.78, 5) is 37.4. The van der Waals surface area contributed by atoms with Crippen molar-refractivity contribution in [3.63, 3.8) is 0 Å². The van der Waals surface area contributed by atoms with Crippen molar-refractivity contribution in [1.82, 2.24) is 0 Å². The maximum absolute atomic E-state index is 12.6. The third-order valence-corrected chi connectivity index (χ3v) is 9.61. The lowest BCUT2D eigenvalue weighted by Gasteiger charge is -2.18. The Bertz CT molecular complexity index is 723. The second-order valence-electron chi connectivity index (χ2n) is 14.6. The monoisotopic (exact) mass is 695 g/mol. The van der Waals surface area contributed by atoms with Crippen LogP contribution >= 0.6 is 0 Å². The van der Waals surface area contributed by atoms with Gasteiger partial charge < -0.3 is 14.2 Å². The van der Waals surface area contributed by atoms with Gasteiger partial charge in [-0.1, -0.05) is 201 Å². The number of carbonyl (C=O) groups excluding carboxylic acids is 3. The van der Waals surface area contributed by atoms with Crippen molar-refractivity contribution >= 4 is 17.9 Å². The molecule has 0 saturated heterocycles. The molecule has 0 fully saturated rings. The highest BCUT2D eigenvalue weighted by atomic mass is 16.6. The fraction of sp³-hybridized carbons (Fsp3) is 0.930. The maximum Gasteiger partial charge on any atom is 0.306 e. The summed E-state index contributed by atoms with van der Waals surface area (Å²) in [5.41, 5.74) is 0. The molecule has 0 spiro atoms. The Morgan fingerprint density at radius 1 is 0.327 bits per heavy atom. The number of ether oxygens (including phenoxy) is 3. The average molecular weight is 695 g/mol. The van der Waals surface area contributed by atoms with Crippen LogP contribution in [0.3, 0.4) is 0 Å². The zero-order valence-electron chi connectivity index (χ0n) is 33.0. The van der Waals surface area contributed by atoms with Crippen LogP contribution in [0.1, 0.15) is 239 Å². The van der Waals surface area contributed by atoms with Crippen molar-refractivity contribution in [1.29, 1.82) is 0 Å². The van der Waals surface area contributed by atoms with E-state index in [0.29, 0.717) is 19.3 Å². The average Bonchev–Trinajstić information content (AvgIpc) is 3.10. The molecule has 1 unspecified atom stereocenters. The van der Waals surface area contributed by atoms with Crippen LogP contribution in [0.2, 0.25) is 0 Å². The van der Waals surface area contributed by atoms with Gasteiger partial charge in [-0.3, -0.25) is 14.4 Å². The van der Waals surface area contributed by atoms with E-state index in [1.807, 2.05) is 0 Å². The van der Waals surface area contributed by atoms with E-state index in [9.17, 15) is 14.4 Å². The zero-order chi connectivity index (χ0) is 35.9. The highest BCUT2D eigenvalue weighted by Gasteiger charge is 2.19. The van der Waals surface area contributed by atoms with Crippen LogP contribution in [0.5, 0.6) is 0 Å². The molecule has 0 saturated carbocycles. The minimum Gasteiger partial charge on any atom is -0.462 e. The summed E-state index contributed by atoms with van der Waals surface area (Å²) < 4.78 is 16.6. The van der Waals surface area contributed by atoms with Gasteiger partial charge in [0.25, 0.3) is 0 Å². The summed E-state index contributed by atoms with van der Waals surface area (Å²) >= 11 is 0. The van der Waals surface area contributed by atoms with E-state index in [-0.39, 0.29) is 31.1 Å². The Balaban J connectivity index is 4.18. The molecule has 290 valence electrons. The van der Waals surface area contributed by atoms with E-state index in [1.54, 1.807) is 0 Å². The lowest BCUT2D eigenvalue weighted by molar-refractivity contribution is -0.167. The van der Waals surface area contributed by atoms with Gasteiger partial charge in [0.2, 0.25) is 0 Å². The van der Waals surface area contributed by atoms with Crippen molar-refractivity contribution in [3.05, 3.63) is 0 Å². The van der Waals surface area contributed by atoms with E-state index in [1.165, 1.54) is 141 Å². The van der Waals surface area contributed by atoms with Crippen LogP contribution in [0.4, 0.5) is 0 Å². The van der Waals surface area contributed by atoms with Crippen molar-refractivity contribution in [2.24, 2.45) is 0 Å². The molecule has 0 aromatic heterocycles. The van der Waals surface area contributed by atoms with Gasteiger partial charge in [-0.15, -0.1) is 0 Å². The normalized spacial score (nSPS) is 11.8. The Hall–Kier alpha value is -1.59. The number of unbranched alkanes of at least 4 members (excludes halogenated alkanes) is 28. The van der Waals surface area contributed by atoms with E-state index in [0.717, 1.165) is 57.8 Å². The zero-order valence-corrected chi connectivity index (χ0v) is 33.0. The molecule has 0 bridgehead atoms. The fourth-order valence-corrected chi connectivity index (χ4v) is 6.32. The first-order valence-corrected chi connectivity index (χ1v) is 21.5. The van der Waals surface area contributed by atoms with Crippen molar-refractivity contribution < 1.29 is 28.6 Å². The molecule has 49 heavy (non-hydrogen) atoms. The molecule has 6 heteroatoms. The van der Waals surface area contributed by atoms with Crippen LogP contribution < -0.4 is 0 Å². The van der Waals surface area contributed by atoms with Crippen LogP contribution in [0.25, 0.3) is 0 Å². The molecule has 0 N–H and O–H groups in total. The molecule has 6 nitrogen and oxygen atoms in total. The first-order chi connectivity index (χ1) is 24.0. The first kappa shape index (κ1) is 47.4. The first-order valence-electron chi connectivity index (χ1n) is 21.5. The molecule has 0 radical (unpaired) electrons. The molecule has 0 amide bonds. The van der Waals surface area contributed by atoms with E-state index in [4.69, 9.17) is 14.2 Å². The summed E-state index contributed by atoms with van der Waals surface area (Å²) in [5, 5.41) is 0. The van der Waals surface area contributed by atoms with Gasteiger partial charge in [0, 0.05) is 19.3 Å². The topological polar surface area (TPSA) is 78.9 Å². The standard InChI is InChI=1S/C43H82O6/c1-4-7-10-13-16-18-19-20-21-22-23-24-26-27-30-33-36-42(45)48-39-40(38-47-41(44)35-32-29-15-12-9-6-3)49-43(46)37-34-31-28-25-17-14-11-8-5-2/h40H,4-39H2,1-3H3. The van der Waals surface area contributed by atoms with Crippen LogP contribution in [0, 0.1) is 0 Å². The van der Waals surface area contributed by atoms with Gasteiger partial charge in [0.15, 0.2) is 6.10 Å². The quantitative estimate of drug-likeness (QED) is 0.0362. The summed E-state index contributed by atoms with van der Waals surface area (Å²) in [6, 6.07) is 0. The molecule has 0 aromatic carbocycles. The molecule has 0 aliphatic carbocycles. The molecule has 1 atom stereocenters. The Labute approximate surface area is 304 Å². The van der Waals surface area contributed by atoms with Gasteiger partial charge in [-0.25, -0.2) is 0 Å². The SMILES string of the molecule is CCCCCCCCCCCCCCCCCCC(=O)OCC(COC(=O)CCCCCCCC)OC(=O)CCCCCCCCCCC. The smallest absolute Gasteiger partial charge is 0.306 e. The molecule has 0 rings (SSSR count). The molecular weight excluding hydrogens is 612 g/mol. The second kappa shape index (κ2) is 39.2. The number of rotatable bonds is 39. The summed E-state index contributed by atoms with van der Waals surface area (Å²) in [7, 11) is 0. The fourth-order valence-electron chi connectivity index (χ4n) is 6.32. The van der Waals surface area contributed by atoms with E-state index >= 15 is 0 Å². The number of esters is 3. The highest BCUT2D eigenvalue weighted by Crippen LogP contribution is 2.15. The van der Waals surface area contributed by atoms with Gasteiger partial charge in [-0.2, -0.15) is 0 Å². The van der Waals surface area contributed by atoms with E-state index in [2.05, 4.69) is 20.8 Å². The van der Waals surface area contributed by atoms with Gasteiger partial charge in [0.05, 0.1) is 0 Å². The molecule has 0 heterocycles. The van der Waals surface area contributed by atoms with Crippen molar-refractivity contribution in [3.8, 4) is 0 Å². The number of hydrogen-bond acceptors (Lipinski definition) is 6. The summed E-state index contributed by atoms with van der Waals surface area (Å²) in [6.45, 7) is 6.57. The van der Waals surface area contributed by atoms with Crippen LogP contribution in [-0.4, -0.2) is 37.2 Å². The van der Waals surface area contributed by atoms with Gasteiger partial charge in [-0.05, 0) is 19.3 Å². The minimum atomic E-state index is -0.755. The van der Waals surface area contributed by atoms with Gasteiger partial charge in [0.1, 0.15) is 13.2 Å². The molecule has 0 aliphatic rings. The summed E-state index contributed by atoms with van der Waals surface area (Å²) in [6.07, 6.45) is 38.2. The second-order valence-corrected chi connectivity index (χ2v) is 14.6. The van der Waals surface area contributed by atoms with Crippen molar-refractivity contribution in [2.45, 2.75) is 245 Å². The summed E-state index contributed by atoms with van der Waals surface area (Å²) in [5.74, 6) is -0.868. The van der Waals surface area contributed by atoms with Crippen LogP contribution in [0.15, 0.2) is 0 Å². The molecule has 0 aliphatic heterocycles. The Morgan fingerprint density at radius 2 is 0.551 bits per heavy atom. The van der Waals surface area contributed by atoms with Crippen LogP contribution in [-0.2, 0) is 28.6 Å². The molecular formula is C43H82O6. The third kappa shape index (κ3) is 37.5. The number of hydrogen-bond donors (Lipinski definition) is 0. The lowest BCUT2D eigenvalue weighted by Crippen LogP contribution is -2.30. The maximum atomic E-state index is 12.6. The highest BCUT2D eigenvalue weighted by molar-refractivity contribution is 5.71. The molecule has 0 aromatic rings.